The highest BCUT2D eigenvalue weighted by Gasteiger charge is 2.02. The second-order valence-electron chi connectivity index (χ2n) is 3.07. The van der Waals surface area contributed by atoms with E-state index in [1.165, 1.54) is 0 Å². The zero-order valence-electron chi connectivity index (χ0n) is 8.81. The highest BCUT2D eigenvalue weighted by molar-refractivity contribution is 5.82. The van der Waals surface area contributed by atoms with E-state index in [4.69, 9.17) is 0 Å². The molecule has 0 spiro atoms. The summed E-state index contributed by atoms with van der Waals surface area (Å²) in [6.45, 7) is 3.11. The lowest BCUT2D eigenvalue weighted by Gasteiger charge is -2.05. The van der Waals surface area contributed by atoms with Crippen molar-refractivity contribution in [2.45, 2.75) is 6.42 Å². The van der Waals surface area contributed by atoms with E-state index in [1.807, 2.05) is 30.3 Å². The lowest BCUT2D eigenvalue weighted by molar-refractivity contribution is -0.139. The number of amides is 1. The van der Waals surface area contributed by atoms with Gasteiger partial charge in [0.05, 0.1) is 6.42 Å². The van der Waals surface area contributed by atoms with Gasteiger partial charge in [-0.3, -0.25) is 4.79 Å². The molecule has 0 unspecified atom stereocenters. The standard InChI is InChI=1S/C12H13NO3/c1-2-12(15)16-9-13-11(14)8-10-6-4-3-5-7-10/h2-7H,1,8-9H2,(H,13,14). The smallest absolute Gasteiger partial charge is 0.331 e. The second-order valence-corrected chi connectivity index (χ2v) is 3.07. The second kappa shape index (κ2) is 6.40. The predicted octanol–water partition coefficient (Wildman–Crippen LogP) is 1.03. The van der Waals surface area contributed by atoms with Gasteiger partial charge in [-0.25, -0.2) is 4.79 Å². The Morgan fingerprint density at radius 1 is 1.31 bits per heavy atom. The number of rotatable bonds is 5. The molecule has 1 aromatic carbocycles. The van der Waals surface area contributed by atoms with Crippen LogP contribution in [0.2, 0.25) is 0 Å². The molecule has 84 valence electrons. The summed E-state index contributed by atoms with van der Waals surface area (Å²) in [5.41, 5.74) is 0.912. The van der Waals surface area contributed by atoms with Gasteiger partial charge in [0.2, 0.25) is 5.91 Å². The lowest BCUT2D eigenvalue weighted by atomic mass is 10.1. The molecule has 0 aromatic heterocycles. The van der Waals surface area contributed by atoms with Crippen molar-refractivity contribution >= 4 is 11.9 Å². The molecule has 0 radical (unpaired) electrons. The maximum atomic E-state index is 11.4. The van der Waals surface area contributed by atoms with Gasteiger partial charge >= 0.3 is 5.97 Å². The molecule has 1 N–H and O–H groups in total. The van der Waals surface area contributed by atoms with E-state index in [2.05, 4.69) is 16.6 Å². The fourth-order valence-corrected chi connectivity index (χ4v) is 1.09. The van der Waals surface area contributed by atoms with Crippen LogP contribution in [0.5, 0.6) is 0 Å². The van der Waals surface area contributed by atoms with Crippen molar-refractivity contribution in [1.82, 2.24) is 5.32 Å². The fourth-order valence-electron chi connectivity index (χ4n) is 1.09. The van der Waals surface area contributed by atoms with Crippen LogP contribution in [-0.4, -0.2) is 18.6 Å². The quantitative estimate of drug-likeness (QED) is 0.457. The third-order valence-corrected chi connectivity index (χ3v) is 1.86. The largest absolute Gasteiger partial charge is 0.441 e. The van der Waals surface area contributed by atoms with E-state index in [1.54, 1.807) is 0 Å². The van der Waals surface area contributed by atoms with Crippen molar-refractivity contribution in [2.75, 3.05) is 6.73 Å². The third-order valence-electron chi connectivity index (χ3n) is 1.86. The molecule has 4 nitrogen and oxygen atoms in total. The molecule has 0 fully saturated rings. The average molecular weight is 219 g/mol. The first-order valence-corrected chi connectivity index (χ1v) is 4.82. The van der Waals surface area contributed by atoms with Gasteiger partial charge < -0.3 is 10.1 Å². The first kappa shape index (κ1) is 12.0. The van der Waals surface area contributed by atoms with E-state index >= 15 is 0 Å². The summed E-state index contributed by atoms with van der Waals surface area (Å²) in [7, 11) is 0. The van der Waals surface area contributed by atoms with Gasteiger partial charge in [0.15, 0.2) is 6.73 Å². The first-order valence-electron chi connectivity index (χ1n) is 4.82. The number of ether oxygens (including phenoxy) is 1. The normalized spacial score (nSPS) is 9.25. The van der Waals surface area contributed by atoms with E-state index in [-0.39, 0.29) is 19.1 Å². The van der Waals surface area contributed by atoms with Crippen molar-refractivity contribution in [1.29, 1.82) is 0 Å². The van der Waals surface area contributed by atoms with Crippen LogP contribution >= 0.6 is 0 Å². The summed E-state index contributed by atoms with van der Waals surface area (Å²) in [4.78, 5) is 22.0. The monoisotopic (exact) mass is 219 g/mol. The Kier molecular flexibility index (Phi) is 4.79. The van der Waals surface area contributed by atoms with Crippen LogP contribution in [0.4, 0.5) is 0 Å². The maximum absolute atomic E-state index is 11.4. The molecule has 0 saturated heterocycles. The van der Waals surface area contributed by atoms with Crippen LogP contribution < -0.4 is 5.32 Å². The molecule has 0 saturated carbocycles. The van der Waals surface area contributed by atoms with Gasteiger partial charge in [0, 0.05) is 6.08 Å². The minimum absolute atomic E-state index is 0.128. The van der Waals surface area contributed by atoms with E-state index in [0.29, 0.717) is 0 Å². The lowest BCUT2D eigenvalue weighted by Crippen LogP contribution is -2.28. The zero-order chi connectivity index (χ0) is 11.8. The number of carbonyl (C=O) groups is 2. The molecule has 16 heavy (non-hydrogen) atoms. The Hall–Kier alpha value is -2.10. The van der Waals surface area contributed by atoms with Crippen molar-refractivity contribution < 1.29 is 14.3 Å². The van der Waals surface area contributed by atoms with Crippen LogP contribution in [0.15, 0.2) is 43.0 Å². The third kappa shape index (κ3) is 4.41. The molecule has 4 heteroatoms. The number of benzene rings is 1. The Balaban J connectivity index is 2.26. The summed E-state index contributed by atoms with van der Waals surface area (Å²) in [5, 5.41) is 2.47. The summed E-state index contributed by atoms with van der Waals surface area (Å²) < 4.78 is 4.61. The number of hydrogen-bond acceptors (Lipinski definition) is 3. The van der Waals surface area contributed by atoms with Crippen LogP contribution in [0.3, 0.4) is 0 Å². The highest BCUT2D eigenvalue weighted by Crippen LogP contribution is 1.98. The van der Waals surface area contributed by atoms with Gasteiger partial charge in [-0.2, -0.15) is 0 Å². The molecule has 0 bridgehead atoms. The Bertz CT molecular complexity index is 373. The van der Waals surface area contributed by atoms with E-state index in [0.717, 1.165) is 11.6 Å². The van der Waals surface area contributed by atoms with Crippen LogP contribution in [-0.2, 0) is 20.7 Å². The topological polar surface area (TPSA) is 55.4 Å². The Labute approximate surface area is 93.9 Å². The van der Waals surface area contributed by atoms with Crippen molar-refractivity contribution in [3.63, 3.8) is 0 Å². The molecule has 0 aliphatic carbocycles. The van der Waals surface area contributed by atoms with Crippen LogP contribution in [0.1, 0.15) is 5.56 Å². The fraction of sp³-hybridized carbons (Fsp3) is 0.167. The Morgan fingerprint density at radius 2 is 2.00 bits per heavy atom. The minimum Gasteiger partial charge on any atom is -0.441 e. The molecular formula is C12H13NO3. The molecule has 1 amide bonds. The Morgan fingerprint density at radius 3 is 2.62 bits per heavy atom. The minimum atomic E-state index is -0.556. The van der Waals surface area contributed by atoms with Gasteiger partial charge in [-0.1, -0.05) is 36.9 Å². The number of carbonyl (C=O) groups excluding carboxylic acids is 2. The van der Waals surface area contributed by atoms with Crippen molar-refractivity contribution in [3.8, 4) is 0 Å². The first-order chi connectivity index (χ1) is 7.72. The molecule has 0 atom stereocenters. The molecule has 1 aromatic rings. The van der Waals surface area contributed by atoms with Gasteiger partial charge in [-0.15, -0.1) is 0 Å². The van der Waals surface area contributed by atoms with Gasteiger partial charge in [0.25, 0.3) is 0 Å². The SMILES string of the molecule is C=CC(=O)OCNC(=O)Cc1ccccc1. The van der Waals surface area contributed by atoms with Gasteiger partial charge in [0.1, 0.15) is 0 Å². The van der Waals surface area contributed by atoms with E-state index in [9.17, 15) is 9.59 Å². The average Bonchev–Trinajstić information content (AvgIpc) is 2.30. The number of hydrogen-bond donors (Lipinski definition) is 1. The summed E-state index contributed by atoms with van der Waals surface area (Å²) in [6.07, 6.45) is 1.32. The van der Waals surface area contributed by atoms with Crippen LogP contribution in [0.25, 0.3) is 0 Å². The van der Waals surface area contributed by atoms with Gasteiger partial charge in [-0.05, 0) is 5.56 Å². The number of esters is 1. The zero-order valence-corrected chi connectivity index (χ0v) is 8.81. The van der Waals surface area contributed by atoms with E-state index < -0.39 is 5.97 Å². The predicted molar refractivity (Wildman–Crippen MR) is 59.4 cm³/mol. The molecule has 0 heterocycles. The highest BCUT2D eigenvalue weighted by atomic mass is 16.5. The summed E-state index contributed by atoms with van der Waals surface area (Å²) in [6, 6.07) is 9.32. The summed E-state index contributed by atoms with van der Waals surface area (Å²) >= 11 is 0. The number of nitrogens with one attached hydrogen (secondary N) is 1. The molecular weight excluding hydrogens is 206 g/mol. The molecule has 0 aliphatic rings. The van der Waals surface area contributed by atoms with Crippen LogP contribution in [0, 0.1) is 0 Å². The summed E-state index contributed by atoms with van der Waals surface area (Å²) in [5.74, 6) is -0.747. The molecule has 1 rings (SSSR count). The maximum Gasteiger partial charge on any atom is 0.331 e. The van der Waals surface area contributed by atoms with Crippen molar-refractivity contribution in [2.24, 2.45) is 0 Å². The molecule has 0 aliphatic heterocycles. The van der Waals surface area contributed by atoms with Crippen molar-refractivity contribution in [3.05, 3.63) is 48.6 Å².